The normalized spacial score (nSPS) is 13.5. The van der Waals surface area contributed by atoms with Gasteiger partial charge in [0.15, 0.2) is 0 Å². The molecular formula is C20H15Cl4F2N3O5. The van der Waals surface area contributed by atoms with Crippen LogP contribution in [-0.2, 0) is 28.5 Å². The largest absolute Gasteiger partial charge is 0.431 e. The number of nitrogens with zero attached hydrogens (tertiary/aromatic N) is 3. The quantitative estimate of drug-likeness (QED) is 0.120. The van der Waals surface area contributed by atoms with E-state index < -0.39 is 21.8 Å². The molecule has 182 valence electrons. The van der Waals surface area contributed by atoms with Gasteiger partial charge in [0.2, 0.25) is 4.84 Å². The van der Waals surface area contributed by atoms with Crippen molar-refractivity contribution in [1.29, 1.82) is 0 Å². The van der Waals surface area contributed by atoms with Crippen molar-refractivity contribution in [2.75, 3.05) is 0 Å². The standard InChI is InChI=1S/C20H15Cl4F2N3O5/c21-14-3-6-16(17(22)9-14)19(34-29(30)31,11-28-8-7-27-12-28)32-10-13-1-4-15(5-2-13)33-20(25,26)18(23)24/h1-9,12,18H,10-11H2. The average Bonchev–Trinajstić information content (AvgIpc) is 3.25. The van der Waals surface area contributed by atoms with Gasteiger partial charge >= 0.3 is 6.11 Å². The van der Waals surface area contributed by atoms with Crippen LogP contribution in [0.3, 0.4) is 0 Å². The lowest BCUT2D eigenvalue weighted by atomic mass is 10.0. The van der Waals surface area contributed by atoms with Crippen LogP contribution in [0.2, 0.25) is 10.0 Å². The van der Waals surface area contributed by atoms with Crippen LogP contribution in [0, 0.1) is 10.1 Å². The summed E-state index contributed by atoms with van der Waals surface area (Å²) in [6.45, 7) is -0.429. The predicted octanol–water partition coefficient (Wildman–Crippen LogP) is 6.24. The molecule has 0 saturated carbocycles. The smallest absolute Gasteiger partial charge is 0.428 e. The first-order valence-corrected chi connectivity index (χ1v) is 11.0. The molecule has 1 aromatic heterocycles. The average molecular weight is 557 g/mol. The van der Waals surface area contributed by atoms with Crippen molar-refractivity contribution in [3.63, 3.8) is 0 Å². The third-order valence-electron chi connectivity index (χ3n) is 4.42. The highest BCUT2D eigenvalue weighted by molar-refractivity contribution is 6.44. The van der Waals surface area contributed by atoms with Gasteiger partial charge in [-0.25, -0.2) is 4.98 Å². The fourth-order valence-electron chi connectivity index (χ4n) is 2.91. The second kappa shape index (κ2) is 10.9. The van der Waals surface area contributed by atoms with Crippen LogP contribution in [0.4, 0.5) is 8.78 Å². The zero-order valence-corrected chi connectivity index (χ0v) is 19.9. The molecule has 3 aromatic rings. The van der Waals surface area contributed by atoms with E-state index in [1.165, 1.54) is 59.6 Å². The summed E-state index contributed by atoms with van der Waals surface area (Å²) in [5, 5.41) is 10.8. The highest BCUT2D eigenvalue weighted by atomic mass is 35.5. The molecule has 0 amide bonds. The zero-order valence-electron chi connectivity index (χ0n) is 16.9. The second-order valence-electron chi connectivity index (χ2n) is 6.82. The lowest BCUT2D eigenvalue weighted by Crippen LogP contribution is -2.39. The highest BCUT2D eigenvalue weighted by Crippen LogP contribution is 2.37. The Morgan fingerprint density at radius 3 is 2.41 bits per heavy atom. The minimum absolute atomic E-state index is 0.0668. The van der Waals surface area contributed by atoms with Gasteiger partial charge in [-0.1, -0.05) is 64.6 Å². The molecule has 0 aliphatic carbocycles. The van der Waals surface area contributed by atoms with E-state index in [0.717, 1.165) is 0 Å². The summed E-state index contributed by atoms with van der Waals surface area (Å²) < 4.78 is 39.1. The fraction of sp³-hybridized carbons (Fsp3) is 0.250. The molecule has 1 atom stereocenters. The number of hydrogen-bond donors (Lipinski definition) is 0. The Bertz CT molecular complexity index is 1120. The highest BCUT2D eigenvalue weighted by Gasteiger charge is 2.41. The van der Waals surface area contributed by atoms with E-state index in [-0.39, 0.29) is 29.5 Å². The number of imidazole rings is 1. The molecule has 0 N–H and O–H groups in total. The molecule has 1 heterocycles. The third-order valence-corrected chi connectivity index (χ3v) is 5.47. The molecule has 3 rings (SSSR count). The summed E-state index contributed by atoms with van der Waals surface area (Å²) in [6, 6.07) is 9.63. The third kappa shape index (κ3) is 6.61. The molecule has 0 aliphatic rings. The SMILES string of the molecule is O=[N+]([O-])OC(Cn1ccnc1)(OCc1ccc(OC(F)(F)C(Cl)Cl)cc1)c1ccc(Cl)cc1Cl. The van der Waals surface area contributed by atoms with Crippen molar-refractivity contribution < 1.29 is 28.2 Å². The Morgan fingerprint density at radius 2 is 1.85 bits per heavy atom. The lowest BCUT2D eigenvalue weighted by Gasteiger charge is -2.33. The summed E-state index contributed by atoms with van der Waals surface area (Å²) in [5.74, 6) is -2.20. The van der Waals surface area contributed by atoms with E-state index in [4.69, 9.17) is 56.0 Å². The van der Waals surface area contributed by atoms with Crippen molar-refractivity contribution >= 4 is 46.4 Å². The van der Waals surface area contributed by atoms with Crippen LogP contribution in [0.1, 0.15) is 11.1 Å². The molecule has 0 aliphatic heterocycles. The molecule has 1 unspecified atom stereocenters. The minimum atomic E-state index is -3.80. The summed E-state index contributed by atoms with van der Waals surface area (Å²) in [4.78, 5) is 18.3. The lowest BCUT2D eigenvalue weighted by molar-refractivity contribution is -0.802. The first kappa shape index (κ1) is 26.2. The van der Waals surface area contributed by atoms with Crippen molar-refractivity contribution in [2.24, 2.45) is 0 Å². The van der Waals surface area contributed by atoms with Gasteiger partial charge in [-0.05, 0) is 29.8 Å². The maximum absolute atomic E-state index is 13.6. The van der Waals surface area contributed by atoms with Gasteiger partial charge in [0.25, 0.3) is 10.9 Å². The fourth-order valence-corrected chi connectivity index (χ4v) is 3.55. The van der Waals surface area contributed by atoms with Crippen molar-refractivity contribution in [3.05, 3.63) is 92.5 Å². The van der Waals surface area contributed by atoms with Crippen LogP contribution in [-0.4, -0.2) is 25.6 Å². The first-order valence-electron chi connectivity index (χ1n) is 9.33. The monoisotopic (exact) mass is 555 g/mol. The van der Waals surface area contributed by atoms with Gasteiger partial charge in [-0.2, -0.15) is 8.78 Å². The maximum atomic E-state index is 13.6. The summed E-state index contributed by atoms with van der Waals surface area (Å²) in [6.07, 6.45) is 0.643. The number of benzene rings is 2. The molecule has 0 bridgehead atoms. The molecule has 0 fully saturated rings. The molecule has 34 heavy (non-hydrogen) atoms. The Balaban J connectivity index is 1.90. The van der Waals surface area contributed by atoms with Gasteiger partial charge in [0.05, 0.1) is 24.5 Å². The molecule has 0 radical (unpaired) electrons. The number of hydrogen-bond acceptors (Lipinski definition) is 6. The van der Waals surface area contributed by atoms with Crippen molar-refractivity contribution in [3.8, 4) is 5.75 Å². The number of halogens is 6. The molecular weight excluding hydrogens is 542 g/mol. The minimum Gasteiger partial charge on any atom is -0.431 e. The van der Waals surface area contributed by atoms with Crippen LogP contribution >= 0.6 is 46.4 Å². The number of ether oxygens (including phenoxy) is 2. The van der Waals surface area contributed by atoms with E-state index in [0.29, 0.717) is 10.6 Å². The number of rotatable bonds is 11. The topological polar surface area (TPSA) is 88.7 Å². The molecule has 0 spiro atoms. The van der Waals surface area contributed by atoms with Gasteiger partial charge in [0.1, 0.15) is 5.75 Å². The summed E-state index contributed by atoms with van der Waals surface area (Å²) >= 11 is 22.7. The van der Waals surface area contributed by atoms with E-state index in [1.807, 2.05) is 0 Å². The summed E-state index contributed by atoms with van der Waals surface area (Å²) in [5.41, 5.74) is 0.592. The van der Waals surface area contributed by atoms with Crippen LogP contribution in [0.25, 0.3) is 0 Å². The van der Waals surface area contributed by atoms with E-state index in [1.54, 1.807) is 6.20 Å². The Labute approximate surface area is 212 Å². The molecule has 8 nitrogen and oxygen atoms in total. The van der Waals surface area contributed by atoms with Crippen LogP contribution < -0.4 is 4.74 Å². The predicted molar refractivity (Wildman–Crippen MR) is 121 cm³/mol. The maximum Gasteiger partial charge on any atom is 0.428 e. The van der Waals surface area contributed by atoms with Crippen molar-refractivity contribution in [2.45, 2.75) is 29.9 Å². The molecule has 2 aromatic carbocycles. The van der Waals surface area contributed by atoms with E-state index >= 15 is 0 Å². The van der Waals surface area contributed by atoms with Crippen molar-refractivity contribution in [1.82, 2.24) is 9.55 Å². The van der Waals surface area contributed by atoms with Crippen LogP contribution in [0.15, 0.2) is 61.2 Å². The van der Waals surface area contributed by atoms with Gasteiger partial charge in [-0.15, -0.1) is 10.1 Å². The Kier molecular flexibility index (Phi) is 8.43. The van der Waals surface area contributed by atoms with E-state index in [9.17, 15) is 18.9 Å². The summed E-state index contributed by atoms with van der Waals surface area (Å²) in [7, 11) is 0. The zero-order chi connectivity index (χ0) is 24.9. The van der Waals surface area contributed by atoms with Crippen LogP contribution in [0.5, 0.6) is 5.75 Å². The van der Waals surface area contributed by atoms with E-state index in [2.05, 4.69) is 9.72 Å². The molecule has 14 heteroatoms. The molecule has 0 saturated heterocycles. The number of alkyl halides is 4. The Hall–Kier alpha value is -2.37. The first-order chi connectivity index (χ1) is 16.0. The van der Waals surface area contributed by atoms with Gasteiger partial charge < -0.3 is 14.0 Å². The number of aromatic nitrogens is 2. The second-order valence-corrected chi connectivity index (χ2v) is 8.76. The Morgan fingerprint density at radius 1 is 1.15 bits per heavy atom. The van der Waals surface area contributed by atoms with Gasteiger partial charge in [0, 0.05) is 23.0 Å². The van der Waals surface area contributed by atoms with Gasteiger partial charge in [-0.3, -0.25) is 4.84 Å².